The van der Waals surface area contributed by atoms with Crippen LogP contribution in [0.4, 0.5) is 0 Å². The summed E-state index contributed by atoms with van der Waals surface area (Å²) in [5, 5.41) is 11.5. The lowest BCUT2D eigenvalue weighted by atomic mass is 10.4. The maximum absolute atomic E-state index is 9.99. The van der Waals surface area contributed by atoms with Crippen molar-refractivity contribution in [1.82, 2.24) is 0 Å². The lowest BCUT2D eigenvalue weighted by Gasteiger charge is -1.91. The molecule has 0 aromatic carbocycles. The highest BCUT2D eigenvalue weighted by Crippen LogP contribution is 1.79. The molecule has 0 saturated heterocycles. The van der Waals surface area contributed by atoms with Crippen LogP contribution in [0, 0.1) is 0 Å². The zero-order valence-corrected chi connectivity index (χ0v) is 5.42. The Bertz CT molecular complexity index is 130. The number of carboxylic acids is 1. The molecule has 0 heterocycles. The molecule has 0 aromatic heterocycles. The Kier molecular flexibility index (Phi) is 3.43. The van der Waals surface area contributed by atoms with Crippen LogP contribution < -0.4 is 0 Å². The minimum absolute atomic E-state index is 0.0307. The minimum Gasteiger partial charge on any atom is -0.477 e. The molecule has 0 saturated carbocycles. The van der Waals surface area contributed by atoms with Crippen molar-refractivity contribution in [3.8, 4) is 0 Å². The van der Waals surface area contributed by atoms with Gasteiger partial charge in [0.05, 0.1) is 0 Å². The van der Waals surface area contributed by atoms with Gasteiger partial charge in [-0.05, 0) is 13.8 Å². The van der Waals surface area contributed by atoms with E-state index in [-0.39, 0.29) is 5.71 Å². The van der Waals surface area contributed by atoms with E-state index in [1.165, 1.54) is 6.92 Å². The van der Waals surface area contributed by atoms with Crippen molar-refractivity contribution in [2.45, 2.75) is 13.8 Å². The van der Waals surface area contributed by atoms with E-state index < -0.39 is 5.97 Å². The molecule has 4 heteroatoms. The molecule has 0 amide bonds. The second-order valence-corrected chi connectivity index (χ2v) is 1.40. The van der Waals surface area contributed by atoms with Gasteiger partial charge in [-0.25, -0.2) is 4.79 Å². The number of aliphatic carboxylic acids is 1. The van der Waals surface area contributed by atoms with Crippen LogP contribution in [0.15, 0.2) is 5.16 Å². The van der Waals surface area contributed by atoms with Gasteiger partial charge in [0.2, 0.25) is 0 Å². The second-order valence-electron chi connectivity index (χ2n) is 1.40. The first-order valence-corrected chi connectivity index (χ1v) is 2.58. The molecule has 0 bridgehead atoms. The van der Waals surface area contributed by atoms with Gasteiger partial charge in [-0.15, -0.1) is 0 Å². The molecule has 0 spiro atoms. The maximum atomic E-state index is 9.99. The van der Waals surface area contributed by atoms with Gasteiger partial charge in [-0.3, -0.25) is 0 Å². The van der Waals surface area contributed by atoms with E-state index >= 15 is 0 Å². The average Bonchev–Trinajstić information content (AvgIpc) is 1.82. The van der Waals surface area contributed by atoms with Gasteiger partial charge >= 0.3 is 5.97 Å². The second kappa shape index (κ2) is 3.88. The topological polar surface area (TPSA) is 58.9 Å². The lowest BCUT2D eigenvalue weighted by molar-refractivity contribution is -0.129. The molecule has 52 valence electrons. The van der Waals surface area contributed by atoms with Crippen molar-refractivity contribution in [2.24, 2.45) is 5.16 Å². The Hall–Kier alpha value is -1.06. The Morgan fingerprint density at radius 1 is 1.78 bits per heavy atom. The number of carbonyl (C=O) groups is 1. The van der Waals surface area contributed by atoms with E-state index in [9.17, 15) is 4.79 Å². The van der Waals surface area contributed by atoms with Gasteiger partial charge < -0.3 is 9.94 Å². The third-order valence-corrected chi connectivity index (χ3v) is 0.640. The molecule has 1 N–H and O–H groups in total. The third kappa shape index (κ3) is 3.52. The van der Waals surface area contributed by atoms with Crippen LogP contribution in [0.2, 0.25) is 0 Å². The molecule has 0 aromatic rings. The van der Waals surface area contributed by atoms with Crippen molar-refractivity contribution < 1.29 is 14.7 Å². The Morgan fingerprint density at radius 2 is 2.33 bits per heavy atom. The number of carboxylic acid groups (broad SMARTS) is 1. The van der Waals surface area contributed by atoms with Gasteiger partial charge in [-0.2, -0.15) is 0 Å². The molecule has 4 nitrogen and oxygen atoms in total. The number of hydrogen-bond acceptors (Lipinski definition) is 3. The van der Waals surface area contributed by atoms with Crippen molar-refractivity contribution in [2.75, 3.05) is 6.61 Å². The summed E-state index contributed by atoms with van der Waals surface area (Å²) in [5.74, 6) is -1.05. The first-order chi connectivity index (χ1) is 4.18. The van der Waals surface area contributed by atoms with E-state index in [1.807, 2.05) is 0 Å². The normalized spacial score (nSPS) is 11.1. The van der Waals surface area contributed by atoms with E-state index in [1.54, 1.807) is 6.92 Å². The standard InChI is InChI=1S/C5H9NO3/c1-3-9-6-4(2)5(7)8/h3H2,1-2H3,(H,7,8)/b6-4-. The monoisotopic (exact) mass is 131 g/mol. The first kappa shape index (κ1) is 7.94. The molecule has 0 fully saturated rings. The fraction of sp³-hybridized carbons (Fsp3) is 0.600. The summed E-state index contributed by atoms with van der Waals surface area (Å²) in [4.78, 5) is 14.5. The summed E-state index contributed by atoms with van der Waals surface area (Å²) in [5.41, 5.74) is -0.0307. The Balaban J connectivity index is 3.69. The van der Waals surface area contributed by atoms with E-state index in [0.717, 1.165) is 0 Å². The van der Waals surface area contributed by atoms with Gasteiger partial charge in [0.1, 0.15) is 6.61 Å². The predicted octanol–water partition coefficient (Wildman–Crippen LogP) is 0.483. The van der Waals surface area contributed by atoms with Crippen molar-refractivity contribution >= 4 is 11.7 Å². The molecule has 0 atom stereocenters. The SMILES string of the molecule is CCO/N=C(/C)C(=O)O. The fourth-order valence-corrected chi connectivity index (χ4v) is 0.200. The average molecular weight is 131 g/mol. The van der Waals surface area contributed by atoms with Gasteiger partial charge in [-0.1, -0.05) is 5.16 Å². The number of oxime groups is 1. The van der Waals surface area contributed by atoms with Crippen LogP contribution in [-0.2, 0) is 9.63 Å². The molecular weight excluding hydrogens is 122 g/mol. The molecule has 0 unspecified atom stereocenters. The van der Waals surface area contributed by atoms with E-state index in [0.29, 0.717) is 6.61 Å². The van der Waals surface area contributed by atoms with Crippen molar-refractivity contribution in [3.63, 3.8) is 0 Å². The highest BCUT2D eigenvalue weighted by atomic mass is 16.6. The Morgan fingerprint density at radius 3 is 2.67 bits per heavy atom. The molecule has 0 aliphatic carbocycles. The van der Waals surface area contributed by atoms with Crippen molar-refractivity contribution in [1.29, 1.82) is 0 Å². The van der Waals surface area contributed by atoms with Crippen LogP contribution in [0.25, 0.3) is 0 Å². The predicted molar refractivity (Wildman–Crippen MR) is 32.4 cm³/mol. The Labute approximate surface area is 53.1 Å². The van der Waals surface area contributed by atoms with Crippen LogP contribution >= 0.6 is 0 Å². The number of nitrogens with zero attached hydrogens (tertiary/aromatic N) is 1. The van der Waals surface area contributed by atoms with Crippen molar-refractivity contribution in [3.05, 3.63) is 0 Å². The molecule has 0 radical (unpaired) electrons. The fourth-order valence-electron chi connectivity index (χ4n) is 0.200. The van der Waals surface area contributed by atoms with Gasteiger partial charge in [0, 0.05) is 0 Å². The van der Waals surface area contributed by atoms with Crippen LogP contribution in [-0.4, -0.2) is 23.4 Å². The number of hydrogen-bond donors (Lipinski definition) is 1. The molecule has 0 aliphatic heterocycles. The summed E-state index contributed by atoms with van der Waals surface area (Å²) in [6.45, 7) is 3.50. The summed E-state index contributed by atoms with van der Waals surface area (Å²) in [7, 11) is 0. The molecule has 9 heavy (non-hydrogen) atoms. The summed E-state index contributed by atoms with van der Waals surface area (Å²) in [6, 6.07) is 0. The van der Waals surface area contributed by atoms with Gasteiger partial charge in [0.25, 0.3) is 0 Å². The summed E-state index contributed by atoms with van der Waals surface area (Å²) < 4.78 is 0. The lowest BCUT2D eigenvalue weighted by Crippen LogP contribution is -2.08. The van der Waals surface area contributed by atoms with E-state index in [2.05, 4.69) is 9.99 Å². The zero-order valence-electron chi connectivity index (χ0n) is 5.42. The molecular formula is C5H9NO3. The zero-order chi connectivity index (χ0) is 7.28. The van der Waals surface area contributed by atoms with Gasteiger partial charge in [0.15, 0.2) is 5.71 Å². The van der Waals surface area contributed by atoms with Crippen LogP contribution in [0.3, 0.4) is 0 Å². The highest BCUT2D eigenvalue weighted by molar-refractivity contribution is 6.34. The summed E-state index contributed by atoms with van der Waals surface area (Å²) in [6.07, 6.45) is 0. The minimum atomic E-state index is -1.05. The quantitative estimate of drug-likeness (QED) is 0.447. The summed E-state index contributed by atoms with van der Waals surface area (Å²) >= 11 is 0. The molecule has 0 aliphatic rings. The number of rotatable bonds is 3. The highest BCUT2D eigenvalue weighted by Gasteiger charge is 1.99. The van der Waals surface area contributed by atoms with Crippen LogP contribution in [0.5, 0.6) is 0 Å². The molecule has 0 rings (SSSR count). The maximum Gasteiger partial charge on any atom is 0.353 e. The largest absolute Gasteiger partial charge is 0.477 e. The first-order valence-electron chi connectivity index (χ1n) is 2.58. The third-order valence-electron chi connectivity index (χ3n) is 0.640. The van der Waals surface area contributed by atoms with E-state index in [4.69, 9.17) is 5.11 Å². The smallest absolute Gasteiger partial charge is 0.353 e. The van der Waals surface area contributed by atoms with Crippen LogP contribution in [0.1, 0.15) is 13.8 Å².